The zero-order chi connectivity index (χ0) is 63.9. The van der Waals surface area contributed by atoms with Gasteiger partial charge in [-0.05, 0) is 73.8 Å². The molecule has 18 N–H and O–H groups in total. The highest BCUT2D eigenvalue weighted by molar-refractivity contribution is 5.99. The Kier molecular flexibility index (Phi) is 27.0. The molecule has 3 aromatic rings. The second kappa shape index (κ2) is 33.9. The fraction of sp³-hybridized carbons (Fsp3) is 0.550. The number of nitrogens with zero attached hydrogens (tertiary/aromatic N) is 2. The Morgan fingerprint density at radius 2 is 1.43 bits per heavy atom. The van der Waals surface area contributed by atoms with Crippen molar-refractivity contribution < 1.29 is 63.3 Å². The van der Waals surface area contributed by atoms with Gasteiger partial charge in [0.1, 0.15) is 48.0 Å². The maximum Gasteiger partial charge on any atom is 0.246 e. The van der Waals surface area contributed by atoms with Gasteiger partial charge in [-0.15, -0.1) is 0 Å². The number of amides is 10. The molecule has 0 unspecified atom stereocenters. The van der Waals surface area contributed by atoms with Crippen LogP contribution in [0.5, 0.6) is 5.75 Å². The number of carbonyl (C=O) groups excluding carboxylic acids is 10. The number of aromatic hydroxyl groups is 1. The lowest BCUT2D eigenvalue weighted by Crippen LogP contribution is -2.61. The van der Waals surface area contributed by atoms with Crippen LogP contribution in [0.3, 0.4) is 0 Å². The second-order valence-electron chi connectivity index (χ2n) is 23.0. The predicted molar refractivity (Wildman–Crippen MR) is 323 cm³/mol. The Morgan fingerprint density at radius 1 is 0.759 bits per heavy atom. The van der Waals surface area contributed by atoms with E-state index in [0.717, 1.165) is 53.5 Å². The summed E-state index contributed by atoms with van der Waals surface area (Å²) < 4.78 is 0. The Bertz CT molecular complexity index is 2920. The fourth-order valence-electron chi connectivity index (χ4n) is 10.9. The minimum Gasteiger partial charge on any atom is -0.508 e. The van der Waals surface area contributed by atoms with Crippen LogP contribution in [0.4, 0.5) is 0 Å². The van der Waals surface area contributed by atoms with Gasteiger partial charge >= 0.3 is 0 Å². The van der Waals surface area contributed by atoms with Crippen LogP contribution in [-0.4, -0.2) is 171 Å². The average Bonchev–Trinajstić information content (AvgIpc) is 3.52. The fourth-order valence-corrected chi connectivity index (χ4v) is 10.9. The summed E-state index contributed by atoms with van der Waals surface area (Å²) in [6.07, 6.45) is 6.42. The number of β-amino-alcohol motifs (C(OH)–C–C–N with tert-alkyl or cyclic N) is 1. The highest BCUT2D eigenvalue weighted by Gasteiger charge is 2.43. The number of para-hydroxylation sites is 1. The lowest BCUT2D eigenvalue weighted by molar-refractivity contribution is -0.142. The molecule has 0 bridgehead atoms. The maximum atomic E-state index is 14.2. The highest BCUT2D eigenvalue weighted by Crippen LogP contribution is 2.28. The van der Waals surface area contributed by atoms with Gasteiger partial charge in [0.25, 0.3) is 0 Å². The number of H-pyrrole nitrogens is 1. The molecule has 10 atom stereocenters. The van der Waals surface area contributed by atoms with E-state index in [1.165, 1.54) is 33.0 Å². The van der Waals surface area contributed by atoms with Crippen LogP contribution < -0.4 is 59.7 Å². The normalized spacial score (nSPS) is 18.3. The third-order valence-electron chi connectivity index (χ3n) is 15.4. The van der Waals surface area contributed by atoms with Crippen LogP contribution in [0.2, 0.25) is 0 Å². The Balaban J connectivity index is 1.27. The number of hydrogen-bond donors (Lipinski definition) is 15. The molecular formula is C60H88N14O13. The number of benzene rings is 2. The summed E-state index contributed by atoms with van der Waals surface area (Å²) in [5, 5.41) is 53.6. The molecule has 1 saturated carbocycles. The average molecular weight is 1210 g/mol. The number of phenolic OH excluding ortho intramolecular Hbond substituents is 1. The van der Waals surface area contributed by atoms with Crippen LogP contribution in [-0.2, 0) is 60.8 Å². The summed E-state index contributed by atoms with van der Waals surface area (Å²) in [6, 6.07) is 3.79. The molecule has 5 rings (SSSR count). The molecule has 476 valence electrons. The molecule has 2 aromatic carbocycles. The third kappa shape index (κ3) is 22.0. The number of aromatic amines is 1. The van der Waals surface area contributed by atoms with Crippen LogP contribution in [0.1, 0.15) is 109 Å². The number of aromatic nitrogens is 1. The topological polar surface area (TPSA) is 437 Å². The van der Waals surface area contributed by atoms with Crippen LogP contribution in [0.15, 0.2) is 71.9 Å². The molecule has 0 radical (unpaired) electrons. The number of likely N-dealkylation sites (tertiary alicyclic amines) is 1. The van der Waals surface area contributed by atoms with Gasteiger partial charge in [-0.2, -0.15) is 0 Å². The van der Waals surface area contributed by atoms with E-state index in [1.54, 1.807) is 30.5 Å². The second-order valence-corrected chi connectivity index (χ2v) is 23.0. The molecule has 87 heavy (non-hydrogen) atoms. The minimum absolute atomic E-state index is 0.00967. The molecule has 1 aromatic heterocycles. The molecule has 2 aliphatic rings. The number of primary amides is 2. The highest BCUT2D eigenvalue weighted by atomic mass is 16.3. The van der Waals surface area contributed by atoms with Gasteiger partial charge in [-0.1, -0.05) is 88.4 Å². The van der Waals surface area contributed by atoms with Crippen molar-refractivity contribution in [3.63, 3.8) is 0 Å². The Labute approximate surface area is 506 Å². The molecule has 27 nitrogen and oxygen atoms in total. The molecule has 2 heterocycles. The number of carbonyl (C=O) groups is 10. The van der Waals surface area contributed by atoms with E-state index in [-0.39, 0.29) is 68.7 Å². The molecule has 0 spiro atoms. The van der Waals surface area contributed by atoms with E-state index < -0.39 is 126 Å². The minimum atomic E-state index is -1.77. The number of aliphatic hydroxyl groups excluding tert-OH is 2. The van der Waals surface area contributed by atoms with Gasteiger partial charge in [0.05, 0.1) is 24.5 Å². The number of fused-ring (bicyclic) bond motifs is 1. The van der Waals surface area contributed by atoms with Crippen molar-refractivity contribution >= 4 is 75.9 Å². The van der Waals surface area contributed by atoms with E-state index in [9.17, 15) is 63.3 Å². The zero-order valence-corrected chi connectivity index (χ0v) is 50.1. The standard InChI is InChI=1S/C60H88N14O13/c1-33(2)25-38(53(81)69-44(18-12-24-66-60(63)64-5)55(83)70-45(52(62)80)28-39-31-67-43-17-10-9-16-42(39)43)15-11-23-65-54(82)46(26-36-13-7-6-8-14-36)72-58(86)51(34(3)75)73-56(84)47(30-50(61)79)71-57(85)49-29-41(78)32-74(49)59(87)48(68-35(4)76)27-37-19-21-40(77)22-20-37/h9-11,15-17,19-22,31,33-34,36,38,41,44-49,51,67,75,77-78H,6-8,12-14,18,23-30,32H2,1-5H3,(H2,61,79)(H2,62,80)(H,65,82)(H,68,76)(H,69,81)(H,70,83)(H,71,85)(H,72,86)(H,73,84)(H3,63,64,66)/b15-11+/t34-,38+,41-,44+,45+,46+,47+,48-,49+,51+/m1/s1. The lowest BCUT2D eigenvalue weighted by atomic mass is 9.84. The molecule has 1 aliphatic heterocycles. The quantitative estimate of drug-likeness (QED) is 0.0153. The first-order chi connectivity index (χ1) is 41.3. The van der Waals surface area contributed by atoms with Crippen molar-refractivity contribution in [3.05, 3.63) is 78.0 Å². The van der Waals surface area contributed by atoms with Crippen LogP contribution in [0.25, 0.3) is 10.9 Å². The van der Waals surface area contributed by atoms with Gasteiger partial charge in [-0.3, -0.25) is 52.9 Å². The van der Waals surface area contributed by atoms with Crippen molar-refractivity contribution in [1.29, 1.82) is 0 Å². The van der Waals surface area contributed by atoms with Crippen molar-refractivity contribution in [2.45, 2.75) is 166 Å². The molecular weight excluding hydrogens is 1120 g/mol. The Hall–Kier alpha value is -8.59. The summed E-state index contributed by atoms with van der Waals surface area (Å²) in [7, 11) is 1.51. The summed E-state index contributed by atoms with van der Waals surface area (Å²) in [6.45, 7) is 6.11. The summed E-state index contributed by atoms with van der Waals surface area (Å²) >= 11 is 0. The van der Waals surface area contributed by atoms with E-state index in [2.05, 4.69) is 52.5 Å². The number of hydrogen-bond acceptors (Lipinski definition) is 14. The molecule has 1 aliphatic carbocycles. The number of nitrogens with one attached hydrogen (secondary N) is 9. The van der Waals surface area contributed by atoms with Crippen molar-refractivity contribution in [2.24, 2.45) is 39.9 Å². The smallest absolute Gasteiger partial charge is 0.246 e. The van der Waals surface area contributed by atoms with Crippen LogP contribution >= 0.6 is 0 Å². The molecule has 27 heteroatoms. The number of nitrogens with two attached hydrogens (primary N) is 3. The summed E-state index contributed by atoms with van der Waals surface area (Å²) in [5.41, 5.74) is 19.3. The largest absolute Gasteiger partial charge is 0.508 e. The van der Waals surface area contributed by atoms with Gasteiger partial charge < -0.3 is 84.9 Å². The lowest BCUT2D eigenvalue weighted by Gasteiger charge is -2.30. The van der Waals surface area contributed by atoms with E-state index in [0.29, 0.717) is 24.9 Å². The first-order valence-corrected chi connectivity index (χ1v) is 29.6. The Morgan fingerprint density at radius 3 is 2.07 bits per heavy atom. The van der Waals surface area contributed by atoms with Crippen molar-refractivity contribution in [3.8, 4) is 5.75 Å². The SMILES string of the molecule is CN=C(N)NCCC[C@H](NC(=O)[C@@H](/C=C/CNC(=O)[C@H](CC1CCCCC1)NC(=O)[C@@H](NC(=O)[C@H](CC(N)=O)NC(=O)[C@@H]1C[C@@H](O)CN1C(=O)[C@@H](Cc1ccc(O)cc1)NC(C)=O)[C@@H](C)O)CC(C)C)C(=O)N[C@@H](Cc1c[nH]c2ccccc12)C(N)=O. The summed E-state index contributed by atoms with van der Waals surface area (Å²) in [5.74, 6) is -8.61. The third-order valence-corrected chi connectivity index (χ3v) is 15.4. The summed E-state index contributed by atoms with van der Waals surface area (Å²) in [4.78, 5) is 144. The van der Waals surface area contributed by atoms with Gasteiger partial charge in [-0.25, -0.2) is 0 Å². The number of rotatable bonds is 32. The van der Waals surface area contributed by atoms with Crippen molar-refractivity contribution in [2.75, 3.05) is 26.7 Å². The zero-order valence-electron chi connectivity index (χ0n) is 50.1. The first-order valence-electron chi connectivity index (χ1n) is 29.6. The molecule has 10 amide bonds. The van der Waals surface area contributed by atoms with E-state index in [4.69, 9.17) is 17.2 Å². The van der Waals surface area contributed by atoms with Crippen LogP contribution in [0, 0.1) is 17.8 Å². The maximum absolute atomic E-state index is 14.2. The number of aliphatic hydroxyl groups is 2. The predicted octanol–water partition coefficient (Wildman–Crippen LogP) is -1.09. The molecule has 1 saturated heterocycles. The monoisotopic (exact) mass is 1210 g/mol. The number of guanidine groups is 1. The first kappa shape index (κ1) is 69.2. The molecule has 2 fully saturated rings. The number of phenols is 1. The van der Waals surface area contributed by atoms with E-state index >= 15 is 0 Å². The number of aliphatic imine (C=N–C) groups is 1. The van der Waals surface area contributed by atoms with E-state index in [1.807, 2.05) is 38.1 Å². The van der Waals surface area contributed by atoms with Gasteiger partial charge in [0.2, 0.25) is 59.1 Å². The van der Waals surface area contributed by atoms with Gasteiger partial charge in [0.15, 0.2) is 5.96 Å². The van der Waals surface area contributed by atoms with Crippen molar-refractivity contribution in [1.82, 2.24) is 52.4 Å². The van der Waals surface area contributed by atoms with Gasteiger partial charge in [0, 0.05) is 70.0 Å².